The van der Waals surface area contributed by atoms with Crippen LogP contribution >= 0.6 is 23.7 Å². The van der Waals surface area contributed by atoms with Crippen molar-refractivity contribution in [2.75, 3.05) is 25.1 Å². The number of carbonyl (C=O) groups is 1. The van der Waals surface area contributed by atoms with E-state index in [1.54, 1.807) is 18.4 Å². The normalized spacial score (nSPS) is 15.1. The summed E-state index contributed by atoms with van der Waals surface area (Å²) in [7, 11) is 1.65. The highest BCUT2D eigenvalue weighted by molar-refractivity contribution is 7.09. The Morgan fingerprint density at radius 1 is 1.33 bits per heavy atom. The van der Waals surface area contributed by atoms with Gasteiger partial charge in [-0.15, -0.1) is 23.7 Å². The van der Waals surface area contributed by atoms with E-state index in [1.807, 2.05) is 47.5 Å². The fraction of sp³-hybridized carbons (Fsp3) is 0.389. The number of ether oxygens (including phenoxy) is 1. The molecule has 1 aromatic heterocycles. The summed E-state index contributed by atoms with van der Waals surface area (Å²) >= 11 is 1.68. The summed E-state index contributed by atoms with van der Waals surface area (Å²) in [6.07, 6.45) is 0. The van der Waals surface area contributed by atoms with Crippen molar-refractivity contribution >= 4 is 35.3 Å². The maximum atomic E-state index is 13.0. The van der Waals surface area contributed by atoms with Gasteiger partial charge in [-0.2, -0.15) is 0 Å². The van der Waals surface area contributed by atoms with E-state index in [4.69, 9.17) is 4.74 Å². The van der Waals surface area contributed by atoms with Gasteiger partial charge in [0.1, 0.15) is 5.75 Å². The van der Waals surface area contributed by atoms with Gasteiger partial charge in [0.05, 0.1) is 13.7 Å². The topological polar surface area (TPSA) is 41.6 Å². The second-order valence-corrected chi connectivity index (χ2v) is 6.94. The Morgan fingerprint density at radius 2 is 2.04 bits per heavy atom. The van der Waals surface area contributed by atoms with Crippen LogP contribution in [0.25, 0.3) is 0 Å². The Labute approximate surface area is 153 Å². The highest BCUT2D eigenvalue weighted by atomic mass is 35.5. The molecule has 0 spiro atoms. The van der Waals surface area contributed by atoms with Crippen molar-refractivity contribution in [1.29, 1.82) is 0 Å². The van der Waals surface area contributed by atoms with Crippen LogP contribution in [0.5, 0.6) is 5.75 Å². The molecule has 24 heavy (non-hydrogen) atoms. The number of hydrogen-bond acceptors (Lipinski definition) is 4. The molecule has 0 aliphatic carbocycles. The molecule has 1 aliphatic heterocycles. The molecule has 1 saturated heterocycles. The zero-order valence-corrected chi connectivity index (χ0v) is 15.5. The van der Waals surface area contributed by atoms with E-state index in [2.05, 4.69) is 11.4 Å². The Hall–Kier alpha value is -1.56. The number of nitrogens with one attached hydrogen (secondary N) is 1. The van der Waals surface area contributed by atoms with Crippen molar-refractivity contribution in [3.8, 4) is 5.75 Å². The van der Waals surface area contributed by atoms with Crippen LogP contribution in [0.3, 0.4) is 0 Å². The largest absolute Gasteiger partial charge is 0.497 e. The quantitative estimate of drug-likeness (QED) is 0.849. The number of rotatable bonds is 6. The van der Waals surface area contributed by atoms with Gasteiger partial charge in [0.15, 0.2) is 0 Å². The molecule has 1 N–H and O–H groups in total. The molecular formula is C18H23ClN2O2S. The van der Waals surface area contributed by atoms with Gasteiger partial charge in [-0.25, -0.2) is 0 Å². The van der Waals surface area contributed by atoms with Crippen LogP contribution in [-0.2, 0) is 11.3 Å². The third kappa shape index (κ3) is 4.09. The van der Waals surface area contributed by atoms with Gasteiger partial charge in [-0.1, -0.05) is 13.0 Å². The van der Waals surface area contributed by atoms with E-state index in [1.165, 1.54) is 4.88 Å². The van der Waals surface area contributed by atoms with Crippen LogP contribution in [0, 0.1) is 11.8 Å². The molecule has 1 fully saturated rings. The van der Waals surface area contributed by atoms with Crippen LogP contribution < -0.4 is 15.0 Å². The molecule has 0 radical (unpaired) electrons. The molecule has 1 unspecified atom stereocenters. The van der Waals surface area contributed by atoms with Crippen LogP contribution in [-0.4, -0.2) is 26.1 Å². The lowest BCUT2D eigenvalue weighted by molar-refractivity contribution is -0.124. The number of anilines is 1. The van der Waals surface area contributed by atoms with Crippen molar-refractivity contribution in [2.24, 2.45) is 11.8 Å². The average Bonchev–Trinajstić information content (AvgIpc) is 3.03. The Morgan fingerprint density at radius 3 is 2.54 bits per heavy atom. The standard InChI is InChI=1S/C18H22N2O2S.ClH/c1-13(14-10-19-11-14)18(21)20(12-17-4-3-9-23-17)15-5-7-16(22-2)8-6-15;/h3-9,13-14,19H,10-12H2,1-2H3;1H. The number of halogens is 1. The molecule has 4 nitrogen and oxygen atoms in total. The highest BCUT2D eigenvalue weighted by Gasteiger charge is 2.32. The summed E-state index contributed by atoms with van der Waals surface area (Å²) in [4.78, 5) is 16.1. The highest BCUT2D eigenvalue weighted by Crippen LogP contribution is 2.27. The number of methoxy groups -OCH3 is 1. The average molecular weight is 367 g/mol. The van der Waals surface area contributed by atoms with E-state index in [-0.39, 0.29) is 24.2 Å². The van der Waals surface area contributed by atoms with Gasteiger partial charge in [0.25, 0.3) is 0 Å². The third-order valence-corrected chi connectivity index (χ3v) is 5.32. The molecule has 6 heteroatoms. The smallest absolute Gasteiger partial charge is 0.230 e. The van der Waals surface area contributed by atoms with Crippen molar-refractivity contribution in [3.05, 3.63) is 46.7 Å². The first-order chi connectivity index (χ1) is 11.2. The van der Waals surface area contributed by atoms with Crippen LogP contribution in [0.4, 0.5) is 5.69 Å². The Bertz CT molecular complexity index is 642. The zero-order chi connectivity index (χ0) is 16.2. The Balaban J connectivity index is 0.00000208. The van der Waals surface area contributed by atoms with Crippen molar-refractivity contribution in [2.45, 2.75) is 13.5 Å². The minimum absolute atomic E-state index is 0. The lowest BCUT2D eigenvalue weighted by atomic mass is 9.88. The van der Waals surface area contributed by atoms with Crippen molar-refractivity contribution in [1.82, 2.24) is 5.32 Å². The fourth-order valence-electron chi connectivity index (χ4n) is 2.73. The first kappa shape index (κ1) is 18.8. The van der Waals surface area contributed by atoms with E-state index < -0.39 is 0 Å². The summed E-state index contributed by atoms with van der Waals surface area (Å²) in [5.41, 5.74) is 0.920. The number of nitrogens with zero attached hydrogens (tertiary/aromatic N) is 1. The first-order valence-corrected chi connectivity index (χ1v) is 8.75. The lowest BCUT2D eigenvalue weighted by Crippen LogP contribution is -2.50. The van der Waals surface area contributed by atoms with Crippen LogP contribution in [0.15, 0.2) is 41.8 Å². The molecule has 1 aromatic carbocycles. The first-order valence-electron chi connectivity index (χ1n) is 7.87. The van der Waals surface area contributed by atoms with Gasteiger partial charge in [-0.05, 0) is 54.7 Å². The minimum Gasteiger partial charge on any atom is -0.497 e. The molecule has 0 bridgehead atoms. The molecule has 2 heterocycles. The monoisotopic (exact) mass is 366 g/mol. The van der Waals surface area contributed by atoms with Crippen molar-refractivity contribution < 1.29 is 9.53 Å². The minimum atomic E-state index is 0. The van der Waals surface area contributed by atoms with Crippen LogP contribution in [0.1, 0.15) is 11.8 Å². The maximum Gasteiger partial charge on any atom is 0.230 e. The summed E-state index contributed by atoms with van der Waals surface area (Å²) in [5.74, 6) is 1.45. The summed E-state index contributed by atoms with van der Waals surface area (Å²) in [5, 5.41) is 5.30. The maximum absolute atomic E-state index is 13.0. The molecule has 1 aliphatic rings. The zero-order valence-electron chi connectivity index (χ0n) is 13.9. The predicted octanol–water partition coefficient (Wildman–Crippen LogP) is 3.57. The van der Waals surface area contributed by atoms with Gasteiger partial charge in [-0.3, -0.25) is 4.79 Å². The van der Waals surface area contributed by atoms with Gasteiger partial charge in [0, 0.05) is 16.5 Å². The molecular weight excluding hydrogens is 344 g/mol. The molecule has 0 saturated carbocycles. The molecule has 3 rings (SSSR count). The second-order valence-electron chi connectivity index (χ2n) is 5.91. The summed E-state index contributed by atoms with van der Waals surface area (Å²) < 4.78 is 5.22. The predicted molar refractivity (Wildman–Crippen MR) is 101 cm³/mol. The number of benzene rings is 1. The number of hydrogen-bond donors (Lipinski definition) is 1. The van der Waals surface area contributed by atoms with E-state index in [0.29, 0.717) is 12.5 Å². The lowest BCUT2D eigenvalue weighted by Gasteiger charge is -2.35. The van der Waals surface area contributed by atoms with E-state index >= 15 is 0 Å². The molecule has 130 valence electrons. The summed E-state index contributed by atoms with van der Waals surface area (Å²) in [6, 6.07) is 11.8. The number of amides is 1. The van der Waals surface area contributed by atoms with E-state index in [9.17, 15) is 4.79 Å². The third-order valence-electron chi connectivity index (χ3n) is 4.45. The van der Waals surface area contributed by atoms with E-state index in [0.717, 1.165) is 24.5 Å². The number of carbonyl (C=O) groups excluding carboxylic acids is 1. The van der Waals surface area contributed by atoms with Gasteiger partial charge in [0.2, 0.25) is 5.91 Å². The number of thiophene rings is 1. The summed E-state index contributed by atoms with van der Waals surface area (Å²) in [6.45, 7) is 4.52. The molecule has 1 amide bonds. The molecule has 1 atom stereocenters. The Kier molecular flexibility index (Phi) is 6.66. The van der Waals surface area contributed by atoms with Gasteiger partial charge >= 0.3 is 0 Å². The van der Waals surface area contributed by atoms with Gasteiger partial charge < -0.3 is 15.0 Å². The SMILES string of the molecule is COc1ccc(N(Cc2cccs2)C(=O)C(C)C2CNC2)cc1.Cl. The van der Waals surface area contributed by atoms with Crippen molar-refractivity contribution in [3.63, 3.8) is 0 Å². The van der Waals surface area contributed by atoms with Crippen LogP contribution in [0.2, 0.25) is 0 Å². The second kappa shape index (κ2) is 8.51. The fourth-order valence-corrected chi connectivity index (χ4v) is 3.42. The molecule has 2 aromatic rings.